The number of pyridine rings is 1. The molecule has 0 aliphatic heterocycles. The summed E-state index contributed by atoms with van der Waals surface area (Å²) in [7, 11) is 3.41. The number of hydrogen-bond donors (Lipinski definition) is 2. The molecular weight excluding hydrogens is 220 g/mol. The number of likely N-dealkylation sites (N-methyl/N-ethyl adjacent to an activating group) is 2. The lowest BCUT2D eigenvalue weighted by atomic mass is 10.3. The van der Waals surface area contributed by atoms with E-state index in [4.69, 9.17) is 10.8 Å². The van der Waals surface area contributed by atoms with Gasteiger partial charge in [-0.3, -0.25) is 0 Å². The van der Waals surface area contributed by atoms with Gasteiger partial charge >= 0.3 is 6.09 Å². The second-order valence-electron chi connectivity index (χ2n) is 3.82. The van der Waals surface area contributed by atoms with E-state index in [9.17, 15) is 4.79 Å². The lowest BCUT2D eigenvalue weighted by molar-refractivity contribution is 0.157. The number of nitrogens with two attached hydrogens (primary N) is 1. The van der Waals surface area contributed by atoms with Gasteiger partial charge in [-0.05, 0) is 12.1 Å². The predicted octanol–water partition coefficient (Wildman–Crippen LogP) is 0.586. The largest absolute Gasteiger partial charge is 0.465 e. The average molecular weight is 238 g/mol. The number of aromatic nitrogens is 1. The van der Waals surface area contributed by atoms with Crippen molar-refractivity contribution >= 4 is 11.9 Å². The van der Waals surface area contributed by atoms with Crippen LogP contribution in [0, 0.1) is 0 Å². The zero-order valence-corrected chi connectivity index (χ0v) is 10.1. The Bertz CT molecular complexity index is 383. The van der Waals surface area contributed by atoms with Crippen LogP contribution in [0.1, 0.15) is 5.69 Å². The maximum absolute atomic E-state index is 10.6. The summed E-state index contributed by atoms with van der Waals surface area (Å²) >= 11 is 0. The highest BCUT2D eigenvalue weighted by Gasteiger charge is 2.08. The Balaban J connectivity index is 2.57. The van der Waals surface area contributed by atoms with Crippen molar-refractivity contribution in [3.63, 3.8) is 0 Å². The molecule has 0 radical (unpaired) electrons. The minimum absolute atomic E-state index is 0.400. The zero-order valence-electron chi connectivity index (χ0n) is 10.1. The van der Waals surface area contributed by atoms with Gasteiger partial charge in [0.15, 0.2) is 0 Å². The van der Waals surface area contributed by atoms with Crippen LogP contribution in [0.4, 0.5) is 10.6 Å². The van der Waals surface area contributed by atoms with Crippen molar-refractivity contribution in [3.8, 4) is 0 Å². The van der Waals surface area contributed by atoms with Crippen LogP contribution >= 0.6 is 0 Å². The molecule has 6 heteroatoms. The van der Waals surface area contributed by atoms with Crippen LogP contribution in [0.25, 0.3) is 0 Å². The van der Waals surface area contributed by atoms with Crippen LogP contribution in [-0.2, 0) is 6.54 Å². The van der Waals surface area contributed by atoms with Gasteiger partial charge in [0.05, 0.1) is 5.69 Å². The van der Waals surface area contributed by atoms with Gasteiger partial charge in [-0.15, -0.1) is 0 Å². The van der Waals surface area contributed by atoms with Gasteiger partial charge in [0.2, 0.25) is 0 Å². The fourth-order valence-corrected chi connectivity index (χ4v) is 1.30. The molecule has 0 bridgehead atoms. The lowest BCUT2D eigenvalue weighted by Gasteiger charge is -2.21. The monoisotopic (exact) mass is 238 g/mol. The van der Waals surface area contributed by atoms with Crippen LogP contribution in [0.3, 0.4) is 0 Å². The van der Waals surface area contributed by atoms with E-state index in [1.807, 2.05) is 30.1 Å². The van der Waals surface area contributed by atoms with E-state index >= 15 is 0 Å². The SMILES string of the molecule is CN(CCN(C)c1cccc(CN)n1)C(=O)O. The third-order valence-electron chi connectivity index (χ3n) is 2.49. The molecule has 0 aliphatic carbocycles. The molecule has 6 nitrogen and oxygen atoms in total. The third kappa shape index (κ3) is 3.92. The summed E-state index contributed by atoms with van der Waals surface area (Å²) < 4.78 is 0. The maximum Gasteiger partial charge on any atom is 0.407 e. The number of carboxylic acid groups (broad SMARTS) is 1. The number of amides is 1. The number of carbonyl (C=O) groups is 1. The number of anilines is 1. The second kappa shape index (κ2) is 6.05. The molecule has 0 saturated heterocycles. The zero-order chi connectivity index (χ0) is 12.8. The second-order valence-corrected chi connectivity index (χ2v) is 3.82. The van der Waals surface area contributed by atoms with E-state index in [1.54, 1.807) is 7.05 Å². The molecule has 0 fully saturated rings. The van der Waals surface area contributed by atoms with E-state index in [2.05, 4.69) is 4.98 Å². The average Bonchev–Trinajstić information content (AvgIpc) is 2.35. The van der Waals surface area contributed by atoms with Crippen molar-refractivity contribution in [3.05, 3.63) is 23.9 Å². The molecule has 0 aromatic carbocycles. The van der Waals surface area contributed by atoms with Gasteiger partial charge in [0.1, 0.15) is 5.82 Å². The molecule has 0 aliphatic rings. The van der Waals surface area contributed by atoms with Gasteiger partial charge in [0.25, 0.3) is 0 Å². The standard InChI is InChI=1S/C11H18N4O2/c1-14(6-7-15(2)11(16)17)10-5-3-4-9(8-12)13-10/h3-5H,6-8,12H2,1-2H3,(H,16,17). The first kappa shape index (κ1) is 13.2. The van der Waals surface area contributed by atoms with Crippen molar-refractivity contribution in [2.24, 2.45) is 5.73 Å². The summed E-state index contributed by atoms with van der Waals surface area (Å²) in [6.07, 6.45) is -0.929. The van der Waals surface area contributed by atoms with Gasteiger partial charge < -0.3 is 20.6 Å². The molecule has 1 heterocycles. The lowest BCUT2D eigenvalue weighted by Crippen LogP contribution is -2.34. The minimum Gasteiger partial charge on any atom is -0.465 e. The molecule has 1 aromatic rings. The van der Waals surface area contributed by atoms with Crippen molar-refractivity contribution < 1.29 is 9.90 Å². The molecule has 0 unspecified atom stereocenters. The van der Waals surface area contributed by atoms with Crippen LogP contribution in [-0.4, -0.2) is 48.3 Å². The van der Waals surface area contributed by atoms with Gasteiger partial charge in [-0.1, -0.05) is 6.07 Å². The normalized spacial score (nSPS) is 10.1. The number of rotatable bonds is 5. The molecule has 0 saturated carbocycles. The molecular formula is C11H18N4O2. The number of hydrogen-bond acceptors (Lipinski definition) is 4. The Morgan fingerprint density at radius 2 is 2.12 bits per heavy atom. The van der Waals surface area contributed by atoms with Crippen LogP contribution in [0.2, 0.25) is 0 Å². The van der Waals surface area contributed by atoms with Crippen molar-refractivity contribution in [1.29, 1.82) is 0 Å². The first-order valence-corrected chi connectivity index (χ1v) is 5.35. The van der Waals surface area contributed by atoms with Crippen molar-refractivity contribution in [1.82, 2.24) is 9.88 Å². The summed E-state index contributed by atoms with van der Waals surface area (Å²) in [5, 5.41) is 8.72. The summed E-state index contributed by atoms with van der Waals surface area (Å²) in [5.41, 5.74) is 6.33. The summed E-state index contributed by atoms with van der Waals surface area (Å²) in [6.45, 7) is 1.42. The van der Waals surface area contributed by atoms with Crippen LogP contribution in [0.15, 0.2) is 18.2 Å². The van der Waals surface area contributed by atoms with Crippen molar-refractivity contribution in [2.75, 3.05) is 32.1 Å². The Hall–Kier alpha value is -1.82. The minimum atomic E-state index is -0.929. The summed E-state index contributed by atoms with van der Waals surface area (Å²) in [4.78, 5) is 18.1. The van der Waals surface area contributed by atoms with Gasteiger partial charge in [-0.2, -0.15) is 0 Å². The third-order valence-corrected chi connectivity index (χ3v) is 2.49. The highest BCUT2D eigenvalue weighted by Crippen LogP contribution is 2.09. The summed E-state index contributed by atoms with van der Waals surface area (Å²) in [6, 6.07) is 5.63. The van der Waals surface area contributed by atoms with Crippen molar-refractivity contribution in [2.45, 2.75) is 6.54 Å². The first-order valence-electron chi connectivity index (χ1n) is 5.35. The molecule has 0 atom stereocenters. The Morgan fingerprint density at radius 3 is 2.71 bits per heavy atom. The van der Waals surface area contributed by atoms with Gasteiger partial charge in [0, 0.05) is 33.7 Å². The molecule has 1 rings (SSSR count). The Morgan fingerprint density at radius 1 is 1.41 bits per heavy atom. The number of nitrogens with zero attached hydrogens (tertiary/aromatic N) is 3. The molecule has 3 N–H and O–H groups in total. The van der Waals surface area contributed by atoms with E-state index in [0.717, 1.165) is 11.5 Å². The van der Waals surface area contributed by atoms with Gasteiger partial charge in [-0.25, -0.2) is 9.78 Å². The Labute approximate surface area is 101 Å². The molecule has 1 aromatic heterocycles. The molecule has 1 amide bonds. The molecule has 17 heavy (non-hydrogen) atoms. The topological polar surface area (TPSA) is 82.7 Å². The fraction of sp³-hybridized carbons (Fsp3) is 0.455. The summed E-state index contributed by atoms with van der Waals surface area (Å²) in [5.74, 6) is 0.798. The maximum atomic E-state index is 10.6. The van der Waals surface area contributed by atoms with E-state index in [-0.39, 0.29) is 0 Å². The Kier molecular flexibility index (Phi) is 4.71. The van der Waals surface area contributed by atoms with E-state index in [0.29, 0.717) is 19.6 Å². The van der Waals surface area contributed by atoms with Crippen LogP contribution < -0.4 is 10.6 Å². The highest BCUT2D eigenvalue weighted by molar-refractivity contribution is 5.64. The smallest absolute Gasteiger partial charge is 0.407 e. The first-order chi connectivity index (χ1) is 8.04. The quantitative estimate of drug-likeness (QED) is 0.784. The van der Waals surface area contributed by atoms with Crippen LogP contribution in [0.5, 0.6) is 0 Å². The fourth-order valence-electron chi connectivity index (χ4n) is 1.30. The highest BCUT2D eigenvalue weighted by atomic mass is 16.4. The predicted molar refractivity (Wildman–Crippen MR) is 66.1 cm³/mol. The van der Waals surface area contributed by atoms with E-state index in [1.165, 1.54) is 4.90 Å². The molecule has 0 spiro atoms. The molecule has 94 valence electrons. The van der Waals surface area contributed by atoms with E-state index < -0.39 is 6.09 Å².